The molecule has 0 radical (unpaired) electrons. The highest BCUT2D eigenvalue weighted by Crippen LogP contribution is 2.64. The van der Waals surface area contributed by atoms with Crippen LogP contribution in [0.4, 0.5) is 0 Å². The number of alkyl halides is 1. The second-order valence-electron chi connectivity index (χ2n) is 4.80. The van der Waals surface area contributed by atoms with Gasteiger partial charge >= 0.3 is 0 Å². The van der Waals surface area contributed by atoms with E-state index >= 15 is 0 Å². The van der Waals surface area contributed by atoms with E-state index in [1.54, 1.807) is 0 Å². The fourth-order valence-electron chi connectivity index (χ4n) is 3.08. The van der Waals surface area contributed by atoms with Crippen LogP contribution in [0.25, 0.3) is 0 Å². The minimum Gasteiger partial charge on any atom is -0.299 e. The van der Waals surface area contributed by atoms with Crippen LogP contribution in [-0.4, -0.2) is 11.1 Å². The lowest BCUT2D eigenvalue weighted by Crippen LogP contribution is -2.37. The van der Waals surface area contributed by atoms with Gasteiger partial charge < -0.3 is 0 Å². The molecule has 2 heteroatoms. The van der Waals surface area contributed by atoms with Crippen molar-refractivity contribution in [3.8, 4) is 0 Å². The monoisotopic (exact) mass is 230 g/mol. The number of ketones is 1. The van der Waals surface area contributed by atoms with E-state index < -0.39 is 0 Å². The molecule has 2 saturated carbocycles. The first kappa shape index (κ1) is 8.74. The van der Waals surface area contributed by atoms with Crippen molar-refractivity contribution in [1.29, 1.82) is 0 Å². The molecule has 0 heterocycles. The summed E-state index contributed by atoms with van der Waals surface area (Å²) >= 11 is 3.52. The van der Waals surface area contributed by atoms with Gasteiger partial charge in [0.05, 0.1) is 0 Å². The highest BCUT2D eigenvalue weighted by Gasteiger charge is 2.63. The lowest BCUT2D eigenvalue weighted by Gasteiger charge is -2.34. The lowest BCUT2D eigenvalue weighted by atomic mass is 9.70. The van der Waals surface area contributed by atoms with Crippen LogP contribution >= 0.6 is 15.9 Å². The Labute approximate surface area is 82.0 Å². The number of halogens is 1. The molecule has 0 unspecified atom stereocenters. The molecule has 1 nitrogen and oxygen atoms in total. The van der Waals surface area contributed by atoms with Crippen molar-refractivity contribution in [2.75, 3.05) is 5.33 Å². The normalized spacial score (nSPS) is 43.9. The summed E-state index contributed by atoms with van der Waals surface area (Å²) in [6.45, 7) is 4.52. The molecule has 0 aliphatic heterocycles. The summed E-state index contributed by atoms with van der Waals surface area (Å²) in [6.07, 6.45) is 3.19. The Balaban J connectivity index is 2.46. The largest absolute Gasteiger partial charge is 0.299 e. The highest BCUT2D eigenvalue weighted by atomic mass is 79.9. The zero-order chi connectivity index (χ0) is 8.98. The second kappa shape index (κ2) is 2.34. The predicted octanol–water partition coefficient (Wildman–Crippen LogP) is 2.78. The highest BCUT2D eigenvalue weighted by molar-refractivity contribution is 9.09. The van der Waals surface area contributed by atoms with Crippen LogP contribution in [0.3, 0.4) is 0 Å². The van der Waals surface area contributed by atoms with Gasteiger partial charge in [-0.15, -0.1) is 0 Å². The standard InChI is InChI=1S/C10H15BrO/c1-9(2)7-3-4-10(9,6-11)8(12)5-7/h7H,3-6H2,1-2H3/t7-,10+/m1/s1. The second-order valence-corrected chi connectivity index (χ2v) is 5.36. The molecule has 2 aliphatic carbocycles. The van der Waals surface area contributed by atoms with Gasteiger partial charge in [0, 0.05) is 17.2 Å². The number of Topliss-reactive ketones (excluding diaryl/α,β-unsaturated/α-hetero) is 1. The number of fused-ring (bicyclic) bond motifs is 2. The molecule has 2 aliphatic rings. The maximum atomic E-state index is 11.8. The third-order valence-corrected chi connectivity index (χ3v) is 5.32. The first-order valence-corrected chi connectivity index (χ1v) is 5.76. The average molecular weight is 231 g/mol. The zero-order valence-corrected chi connectivity index (χ0v) is 9.28. The lowest BCUT2D eigenvalue weighted by molar-refractivity contribution is -0.127. The van der Waals surface area contributed by atoms with Crippen molar-refractivity contribution in [3.63, 3.8) is 0 Å². The van der Waals surface area contributed by atoms with Gasteiger partial charge in [-0.2, -0.15) is 0 Å². The third kappa shape index (κ3) is 0.729. The summed E-state index contributed by atoms with van der Waals surface area (Å²) < 4.78 is 0. The van der Waals surface area contributed by atoms with Gasteiger partial charge in [-0.05, 0) is 24.2 Å². The van der Waals surface area contributed by atoms with E-state index in [4.69, 9.17) is 0 Å². The van der Waals surface area contributed by atoms with Crippen molar-refractivity contribution in [2.24, 2.45) is 16.7 Å². The van der Waals surface area contributed by atoms with Crippen LogP contribution in [0.5, 0.6) is 0 Å². The van der Waals surface area contributed by atoms with Gasteiger partial charge in [0.15, 0.2) is 0 Å². The molecular formula is C10H15BrO. The first-order chi connectivity index (χ1) is 5.54. The Morgan fingerprint density at radius 1 is 1.58 bits per heavy atom. The predicted molar refractivity (Wildman–Crippen MR) is 52.4 cm³/mol. The van der Waals surface area contributed by atoms with Gasteiger partial charge in [0.2, 0.25) is 0 Å². The van der Waals surface area contributed by atoms with Crippen LogP contribution in [-0.2, 0) is 4.79 Å². The van der Waals surface area contributed by atoms with Crippen LogP contribution in [0.2, 0.25) is 0 Å². The van der Waals surface area contributed by atoms with E-state index in [2.05, 4.69) is 29.8 Å². The minimum atomic E-state index is -0.0162. The summed E-state index contributed by atoms with van der Waals surface area (Å²) in [5.41, 5.74) is 0.227. The van der Waals surface area contributed by atoms with Gasteiger partial charge in [-0.1, -0.05) is 29.8 Å². The Hall–Kier alpha value is 0.150. The number of hydrogen-bond donors (Lipinski definition) is 0. The Kier molecular flexibility index (Phi) is 1.70. The molecule has 0 amide bonds. The smallest absolute Gasteiger partial charge is 0.140 e. The number of rotatable bonds is 1. The SMILES string of the molecule is CC1(C)[C@@H]2CC[C@]1(CBr)C(=O)C2. The van der Waals surface area contributed by atoms with Crippen LogP contribution in [0, 0.1) is 16.7 Å². The fourth-order valence-corrected chi connectivity index (χ4v) is 4.40. The number of hydrogen-bond acceptors (Lipinski definition) is 1. The molecule has 2 rings (SSSR count). The summed E-state index contributed by atoms with van der Waals surface area (Å²) in [7, 11) is 0. The molecule has 2 atom stereocenters. The molecule has 2 fully saturated rings. The minimum absolute atomic E-state index is 0.0162. The number of carbonyl (C=O) groups excluding carboxylic acids is 1. The molecular weight excluding hydrogens is 216 g/mol. The summed E-state index contributed by atoms with van der Waals surface area (Å²) in [4.78, 5) is 11.8. The van der Waals surface area contributed by atoms with E-state index in [-0.39, 0.29) is 10.8 Å². The molecule has 12 heavy (non-hydrogen) atoms. The first-order valence-electron chi connectivity index (χ1n) is 4.64. The maximum Gasteiger partial charge on any atom is 0.140 e. The van der Waals surface area contributed by atoms with Crippen molar-refractivity contribution in [3.05, 3.63) is 0 Å². The van der Waals surface area contributed by atoms with Crippen molar-refractivity contribution < 1.29 is 4.79 Å². The Bertz CT molecular complexity index is 234. The summed E-state index contributed by atoms with van der Waals surface area (Å²) in [5, 5.41) is 0.863. The number of carbonyl (C=O) groups is 1. The van der Waals surface area contributed by atoms with Crippen LogP contribution < -0.4 is 0 Å². The Morgan fingerprint density at radius 2 is 2.25 bits per heavy atom. The maximum absolute atomic E-state index is 11.8. The molecule has 68 valence electrons. The molecule has 2 bridgehead atoms. The van der Waals surface area contributed by atoms with E-state index in [9.17, 15) is 4.79 Å². The molecule has 0 spiro atoms. The van der Waals surface area contributed by atoms with Crippen molar-refractivity contribution >= 4 is 21.7 Å². The molecule has 0 N–H and O–H groups in total. The van der Waals surface area contributed by atoms with Crippen molar-refractivity contribution in [1.82, 2.24) is 0 Å². The summed E-state index contributed by atoms with van der Waals surface area (Å²) in [5.74, 6) is 1.16. The van der Waals surface area contributed by atoms with Gasteiger partial charge in [-0.3, -0.25) is 4.79 Å². The van der Waals surface area contributed by atoms with E-state index in [0.717, 1.165) is 18.2 Å². The summed E-state index contributed by atoms with van der Waals surface area (Å²) in [6, 6.07) is 0. The van der Waals surface area contributed by atoms with Gasteiger partial charge in [-0.25, -0.2) is 0 Å². The quantitative estimate of drug-likeness (QED) is 0.634. The van der Waals surface area contributed by atoms with E-state index in [1.807, 2.05) is 0 Å². The molecule has 0 aromatic heterocycles. The molecule has 0 aromatic rings. The molecule has 0 aromatic carbocycles. The van der Waals surface area contributed by atoms with Crippen molar-refractivity contribution in [2.45, 2.75) is 33.1 Å². The van der Waals surface area contributed by atoms with Gasteiger partial charge in [0.1, 0.15) is 5.78 Å². The molecule has 0 saturated heterocycles. The zero-order valence-electron chi connectivity index (χ0n) is 7.69. The van der Waals surface area contributed by atoms with Gasteiger partial charge in [0.25, 0.3) is 0 Å². The topological polar surface area (TPSA) is 17.1 Å². The van der Waals surface area contributed by atoms with Crippen LogP contribution in [0.15, 0.2) is 0 Å². The average Bonchev–Trinajstić information content (AvgIpc) is 2.36. The third-order valence-electron chi connectivity index (χ3n) is 4.37. The van der Waals surface area contributed by atoms with E-state index in [1.165, 1.54) is 6.42 Å². The fraction of sp³-hybridized carbons (Fsp3) is 0.900. The van der Waals surface area contributed by atoms with E-state index in [0.29, 0.717) is 11.7 Å². The Morgan fingerprint density at radius 3 is 2.50 bits per heavy atom. The van der Waals surface area contributed by atoms with Crippen LogP contribution in [0.1, 0.15) is 33.1 Å².